The standard InChI is InChI=1S/C17H25N3S/c1-12(2)14(4)21-17-16(10-11-18)13(3)19-20(17)15-8-6-5-7-9-15/h5-9,12,14H,10-11,18H2,1-4H3. The molecule has 114 valence electrons. The van der Waals surface area contributed by atoms with Crippen LogP contribution in [0.1, 0.15) is 32.0 Å². The summed E-state index contributed by atoms with van der Waals surface area (Å²) >= 11 is 1.91. The molecule has 21 heavy (non-hydrogen) atoms. The number of nitrogens with zero attached hydrogens (tertiary/aromatic N) is 2. The van der Waals surface area contributed by atoms with Crippen LogP contribution in [-0.4, -0.2) is 21.6 Å². The summed E-state index contributed by atoms with van der Waals surface area (Å²) in [6.07, 6.45) is 0.881. The highest BCUT2D eigenvalue weighted by atomic mass is 32.2. The predicted octanol–water partition coefficient (Wildman–Crippen LogP) is 3.82. The van der Waals surface area contributed by atoms with E-state index in [4.69, 9.17) is 10.8 Å². The van der Waals surface area contributed by atoms with Crippen molar-refractivity contribution in [1.82, 2.24) is 9.78 Å². The van der Waals surface area contributed by atoms with Gasteiger partial charge in [-0.05, 0) is 37.9 Å². The van der Waals surface area contributed by atoms with E-state index in [-0.39, 0.29) is 0 Å². The summed E-state index contributed by atoms with van der Waals surface area (Å²) in [4.78, 5) is 0. The van der Waals surface area contributed by atoms with Crippen molar-refractivity contribution < 1.29 is 0 Å². The van der Waals surface area contributed by atoms with Crippen molar-refractivity contribution in [2.24, 2.45) is 11.7 Å². The highest BCUT2D eigenvalue weighted by Crippen LogP contribution is 2.34. The normalized spacial score (nSPS) is 12.9. The maximum Gasteiger partial charge on any atom is 0.104 e. The third-order valence-electron chi connectivity index (χ3n) is 3.77. The fourth-order valence-electron chi connectivity index (χ4n) is 2.15. The lowest BCUT2D eigenvalue weighted by molar-refractivity contribution is 0.639. The van der Waals surface area contributed by atoms with Gasteiger partial charge in [0, 0.05) is 10.8 Å². The van der Waals surface area contributed by atoms with Crippen molar-refractivity contribution in [1.29, 1.82) is 0 Å². The molecule has 0 fully saturated rings. The van der Waals surface area contributed by atoms with Crippen molar-refractivity contribution in [2.75, 3.05) is 6.54 Å². The molecule has 0 bridgehead atoms. The molecule has 0 saturated carbocycles. The van der Waals surface area contributed by atoms with Crippen LogP contribution in [0.25, 0.3) is 5.69 Å². The molecule has 1 aromatic carbocycles. The first-order valence-electron chi connectivity index (χ1n) is 7.55. The van der Waals surface area contributed by atoms with Gasteiger partial charge in [-0.15, -0.1) is 11.8 Å². The number of nitrogens with two attached hydrogens (primary N) is 1. The van der Waals surface area contributed by atoms with E-state index in [0.717, 1.165) is 17.8 Å². The van der Waals surface area contributed by atoms with Gasteiger partial charge in [0.25, 0.3) is 0 Å². The van der Waals surface area contributed by atoms with Gasteiger partial charge >= 0.3 is 0 Å². The van der Waals surface area contributed by atoms with Gasteiger partial charge < -0.3 is 5.73 Å². The van der Waals surface area contributed by atoms with Crippen molar-refractivity contribution in [3.63, 3.8) is 0 Å². The first kappa shape index (κ1) is 16.1. The zero-order valence-corrected chi connectivity index (χ0v) is 14.2. The summed E-state index contributed by atoms with van der Waals surface area (Å²) in [5.74, 6) is 0.625. The predicted molar refractivity (Wildman–Crippen MR) is 91.2 cm³/mol. The first-order valence-corrected chi connectivity index (χ1v) is 8.43. The molecule has 1 aromatic heterocycles. The minimum Gasteiger partial charge on any atom is -0.330 e. The van der Waals surface area contributed by atoms with E-state index < -0.39 is 0 Å². The average molecular weight is 303 g/mol. The number of hydrogen-bond donors (Lipinski definition) is 1. The molecule has 0 amide bonds. The van der Waals surface area contributed by atoms with Crippen molar-refractivity contribution in [2.45, 2.75) is 44.4 Å². The lowest BCUT2D eigenvalue weighted by Crippen LogP contribution is -2.10. The van der Waals surface area contributed by atoms with E-state index in [9.17, 15) is 0 Å². The average Bonchev–Trinajstić information content (AvgIpc) is 2.77. The molecule has 0 radical (unpaired) electrons. The van der Waals surface area contributed by atoms with Crippen LogP contribution in [0.2, 0.25) is 0 Å². The van der Waals surface area contributed by atoms with Gasteiger partial charge in [-0.25, -0.2) is 4.68 Å². The zero-order chi connectivity index (χ0) is 15.4. The van der Waals surface area contributed by atoms with Crippen molar-refractivity contribution >= 4 is 11.8 Å². The third-order valence-corrected chi connectivity index (χ3v) is 5.33. The van der Waals surface area contributed by atoms with Gasteiger partial charge in [0.05, 0.1) is 11.4 Å². The molecule has 0 aliphatic rings. The number of aromatic nitrogens is 2. The Labute approximate surface area is 131 Å². The largest absolute Gasteiger partial charge is 0.330 e. The number of hydrogen-bond acceptors (Lipinski definition) is 3. The van der Waals surface area contributed by atoms with Crippen LogP contribution < -0.4 is 5.73 Å². The third kappa shape index (κ3) is 3.69. The van der Waals surface area contributed by atoms with Gasteiger partial charge in [-0.3, -0.25) is 0 Å². The highest BCUT2D eigenvalue weighted by molar-refractivity contribution is 7.99. The fourth-order valence-corrected chi connectivity index (χ4v) is 3.41. The summed E-state index contributed by atoms with van der Waals surface area (Å²) < 4.78 is 2.07. The number of thioether (sulfide) groups is 1. The second-order valence-corrected chi connectivity index (χ2v) is 7.09. The summed E-state index contributed by atoms with van der Waals surface area (Å²) in [6.45, 7) is 9.53. The number of para-hydroxylation sites is 1. The van der Waals surface area contributed by atoms with Gasteiger partial charge in [0.1, 0.15) is 5.03 Å². The Morgan fingerprint density at radius 1 is 1.19 bits per heavy atom. The lowest BCUT2D eigenvalue weighted by atomic mass is 10.2. The monoisotopic (exact) mass is 303 g/mol. The Bertz CT molecular complexity index is 575. The second kappa shape index (κ2) is 7.14. The number of rotatable bonds is 6. The topological polar surface area (TPSA) is 43.8 Å². The maximum atomic E-state index is 5.79. The molecular formula is C17H25N3S. The van der Waals surface area contributed by atoms with Crippen molar-refractivity contribution in [3.8, 4) is 5.69 Å². The molecule has 2 N–H and O–H groups in total. The summed E-state index contributed by atoms with van der Waals surface area (Å²) in [5, 5.41) is 6.53. The smallest absolute Gasteiger partial charge is 0.104 e. The van der Waals surface area contributed by atoms with E-state index in [1.807, 2.05) is 17.8 Å². The summed E-state index contributed by atoms with van der Waals surface area (Å²) in [6, 6.07) is 10.3. The Morgan fingerprint density at radius 2 is 1.86 bits per heavy atom. The Balaban J connectivity index is 2.47. The second-order valence-electron chi connectivity index (χ2n) is 5.72. The van der Waals surface area contributed by atoms with Crippen LogP contribution in [-0.2, 0) is 6.42 Å². The Hall–Kier alpha value is -1.26. The van der Waals surface area contributed by atoms with E-state index >= 15 is 0 Å². The Morgan fingerprint density at radius 3 is 2.43 bits per heavy atom. The van der Waals surface area contributed by atoms with E-state index in [0.29, 0.717) is 17.7 Å². The van der Waals surface area contributed by atoms with Crippen LogP contribution in [0, 0.1) is 12.8 Å². The fraction of sp³-hybridized carbons (Fsp3) is 0.471. The van der Waals surface area contributed by atoms with Gasteiger partial charge in [0.2, 0.25) is 0 Å². The molecule has 2 aromatic rings. The van der Waals surface area contributed by atoms with Gasteiger partial charge in [-0.2, -0.15) is 5.10 Å². The molecule has 0 saturated heterocycles. The lowest BCUT2D eigenvalue weighted by Gasteiger charge is -2.17. The Kier molecular flexibility index (Phi) is 5.48. The minimum atomic E-state index is 0.542. The molecule has 2 rings (SSSR count). The molecule has 4 heteroatoms. The van der Waals surface area contributed by atoms with Crippen LogP contribution in [0.3, 0.4) is 0 Å². The summed E-state index contributed by atoms with van der Waals surface area (Å²) in [7, 11) is 0. The maximum absolute atomic E-state index is 5.79. The first-order chi connectivity index (χ1) is 10.0. The van der Waals surface area contributed by atoms with Gasteiger partial charge in [0.15, 0.2) is 0 Å². The molecule has 1 atom stereocenters. The molecule has 1 unspecified atom stereocenters. The minimum absolute atomic E-state index is 0.542. The molecule has 0 spiro atoms. The highest BCUT2D eigenvalue weighted by Gasteiger charge is 2.20. The SMILES string of the molecule is Cc1nn(-c2ccccc2)c(SC(C)C(C)C)c1CCN. The number of benzene rings is 1. The molecule has 1 heterocycles. The van der Waals surface area contributed by atoms with Crippen LogP contribution in [0.4, 0.5) is 0 Å². The van der Waals surface area contributed by atoms with Gasteiger partial charge in [-0.1, -0.05) is 39.0 Å². The molecule has 0 aliphatic carbocycles. The zero-order valence-electron chi connectivity index (χ0n) is 13.3. The molecule has 3 nitrogen and oxygen atoms in total. The van der Waals surface area contributed by atoms with Crippen LogP contribution in [0.5, 0.6) is 0 Å². The van der Waals surface area contributed by atoms with E-state index in [1.54, 1.807) is 0 Å². The molecular weight excluding hydrogens is 278 g/mol. The van der Waals surface area contributed by atoms with Crippen LogP contribution >= 0.6 is 11.8 Å². The van der Waals surface area contributed by atoms with E-state index in [1.165, 1.54) is 10.6 Å². The number of aryl methyl sites for hydroxylation is 1. The molecule has 0 aliphatic heterocycles. The van der Waals surface area contributed by atoms with E-state index in [2.05, 4.69) is 56.6 Å². The van der Waals surface area contributed by atoms with Crippen LogP contribution in [0.15, 0.2) is 35.4 Å². The van der Waals surface area contributed by atoms with Crippen molar-refractivity contribution in [3.05, 3.63) is 41.6 Å². The summed E-state index contributed by atoms with van der Waals surface area (Å²) in [5.41, 5.74) is 9.28. The quantitative estimate of drug-likeness (QED) is 0.825.